The van der Waals surface area contributed by atoms with Crippen LogP contribution in [0.1, 0.15) is 28.9 Å². The van der Waals surface area contributed by atoms with Crippen LogP contribution in [-0.4, -0.2) is 35.0 Å². The maximum atomic E-state index is 12.6. The molecule has 0 bridgehead atoms. The van der Waals surface area contributed by atoms with Crippen LogP contribution >= 0.6 is 15.9 Å². The monoisotopic (exact) mass is 468 g/mol. The molecular weight excluding hydrogens is 448 g/mol. The van der Waals surface area contributed by atoms with Crippen molar-refractivity contribution in [2.24, 2.45) is 5.92 Å². The third-order valence-corrected chi connectivity index (χ3v) is 5.71. The van der Waals surface area contributed by atoms with Gasteiger partial charge in [-0.05, 0) is 37.1 Å². The van der Waals surface area contributed by atoms with Crippen LogP contribution in [0, 0.1) is 5.92 Å². The predicted molar refractivity (Wildman–Crippen MR) is 115 cm³/mol. The van der Waals surface area contributed by atoms with Crippen molar-refractivity contribution in [3.05, 3.63) is 76.4 Å². The van der Waals surface area contributed by atoms with Gasteiger partial charge in [0.15, 0.2) is 5.76 Å². The second-order valence-corrected chi connectivity index (χ2v) is 8.15. The van der Waals surface area contributed by atoms with Crippen molar-refractivity contribution >= 4 is 27.8 Å². The van der Waals surface area contributed by atoms with Crippen LogP contribution < -0.4 is 0 Å². The van der Waals surface area contributed by atoms with Crippen LogP contribution in [-0.2, 0) is 16.1 Å². The Morgan fingerprint density at radius 1 is 1.07 bits per heavy atom. The van der Waals surface area contributed by atoms with Crippen LogP contribution in [0.25, 0.3) is 11.3 Å². The number of rotatable bonds is 5. The van der Waals surface area contributed by atoms with Gasteiger partial charge in [-0.15, -0.1) is 0 Å². The number of amides is 1. The zero-order valence-corrected chi connectivity index (χ0v) is 17.9. The Bertz CT molecular complexity index is 1010. The topological polar surface area (TPSA) is 72.6 Å². The van der Waals surface area contributed by atoms with Gasteiger partial charge >= 0.3 is 5.97 Å². The molecule has 1 fully saturated rings. The number of hydrogen-bond acceptors (Lipinski definition) is 5. The van der Waals surface area contributed by atoms with E-state index < -0.39 is 0 Å². The summed E-state index contributed by atoms with van der Waals surface area (Å²) in [6, 6.07) is 18.7. The molecule has 1 aromatic heterocycles. The predicted octanol–water partition coefficient (Wildman–Crippen LogP) is 4.70. The zero-order chi connectivity index (χ0) is 20.9. The second-order valence-electron chi connectivity index (χ2n) is 7.23. The molecule has 0 saturated carbocycles. The molecule has 0 N–H and O–H groups in total. The number of ether oxygens (including phenoxy) is 1. The lowest BCUT2D eigenvalue weighted by molar-refractivity contribution is -0.151. The largest absolute Gasteiger partial charge is 0.459 e. The van der Waals surface area contributed by atoms with Gasteiger partial charge in [-0.3, -0.25) is 9.59 Å². The molecule has 1 aliphatic heterocycles. The second kappa shape index (κ2) is 9.26. The minimum atomic E-state index is -0.255. The third kappa shape index (κ3) is 4.79. The molecule has 30 heavy (non-hydrogen) atoms. The molecule has 1 aliphatic rings. The van der Waals surface area contributed by atoms with Gasteiger partial charge in [0, 0.05) is 34.8 Å². The van der Waals surface area contributed by atoms with Crippen molar-refractivity contribution in [1.82, 2.24) is 10.1 Å². The molecule has 0 atom stereocenters. The summed E-state index contributed by atoms with van der Waals surface area (Å²) in [5.41, 5.74) is 2.15. The molecule has 2 aromatic carbocycles. The fraction of sp³-hybridized carbons (Fsp3) is 0.261. The number of esters is 1. The fourth-order valence-electron chi connectivity index (χ4n) is 3.47. The maximum absolute atomic E-state index is 12.6. The molecule has 3 aromatic rings. The normalized spacial score (nSPS) is 14.5. The highest BCUT2D eigenvalue weighted by atomic mass is 79.9. The number of nitrogens with zero attached hydrogens (tertiary/aromatic N) is 2. The van der Waals surface area contributed by atoms with E-state index in [1.807, 2.05) is 42.5 Å². The lowest BCUT2D eigenvalue weighted by Gasteiger charge is -2.31. The number of likely N-dealkylation sites (tertiary alicyclic amines) is 1. The number of benzene rings is 2. The van der Waals surface area contributed by atoms with Crippen molar-refractivity contribution in [1.29, 1.82) is 0 Å². The van der Waals surface area contributed by atoms with E-state index in [4.69, 9.17) is 9.26 Å². The lowest BCUT2D eigenvalue weighted by Crippen LogP contribution is -2.40. The first-order valence-electron chi connectivity index (χ1n) is 9.82. The van der Waals surface area contributed by atoms with Crippen LogP contribution in [0.5, 0.6) is 0 Å². The van der Waals surface area contributed by atoms with Crippen molar-refractivity contribution < 1.29 is 18.8 Å². The van der Waals surface area contributed by atoms with Crippen molar-refractivity contribution in [2.45, 2.75) is 19.4 Å². The van der Waals surface area contributed by atoms with Crippen molar-refractivity contribution in [3.63, 3.8) is 0 Å². The summed E-state index contributed by atoms with van der Waals surface area (Å²) < 4.78 is 11.7. The summed E-state index contributed by atoms with van der Waals surface area (Å²) in [5.74, 6) is 0.168. The Hall–Kier alpha value is -2.93. The van der Waals surface area contributed by atoms with Crippen molar-refractivity contribution in [2.75, 3.05) is 13.1 Å². The van der Waals surface area contributed by atoms with E-state index in [9.17, 15) is 9.59 Å². The number of carbonyl (C=O) groups excluding carboxylic acids is 2. The van der Waals surface area contributed by atoms with Gasteiger partial charge in [0.1, 0.15) is 12.3 Å². The first kappa shape index (κ1) is 20.3. The van der Waals surface area contributed by atoms with Gasteiger partial charge in [0.25, 0.3) is 5.91 Å². The number of piperidine rings is 1. The van der Waals surface area contributed by atoms with E-state index in [1.165, 1.54) is 0 Å². The molecule has 7 heteroatoms. The Kier molecular flexibility index (Phi) is 6.28. The van der Waals surface area contributed by atoms with Gasteiger partial charge in [0.2, 0.25) is 0 Å². The number of hydrogen-bond donors (Lipinski definition) is 0. The molecule has 2 heterocycles. The smallest absolute Gasteiger partial charge is 0.309 e. The standard InChI is InChI=1S/C23H21BrN2O4/c24-19-8-6-17(7-9-19)22(27)26-12-10-18(11-13-26)23(28)29-15-20-14-21(30-25-20)16-4-2-1-3-5-16/h1-9,14,18H,10-13,15H2. The first-order valence-corrected chi connectivity index (χ1v) is 10.6. The maximum Gasteiger partial charge on any atom is 0.309 e. The van der Waals surface area contributed by atoms with Crippen LogP contribution in [0.2, 0.25) is 0 Å². The minimum Gasteiger partial charge on any atom is -0.459 e. The van der Waals surface area contributed by atoms with Crippen molar-refractivity contribution in [3.8, 4) is 11.3 Å². The third-order valence-electron chi connectivity index (χ3n) is 5.19. The van der Waals surface area contributed by atoms with Gasteiger partial charge in [-0.25, -0.2) is 0 Å². The summed E-state index contributed by atoms with van der Waals surface area (Å²) in [7, 11) is 0. The molecule has 0 aliphatic carbocycles. The average Bonchev–Trinajstić information content (AvgIpc) is 3.27. The summed E-state index contributed by atoms with van der Waals surface area (Å²) >= 11 is 3.37. The summed E-state index contributed by atoms with van der Waals surface area (Å²) in [5, 5.41) is 3.98. The summed E-state index contributed by atoms with van der Waals surface area (Å²) in [4.78, 5) is 26.8. The lowest BCUT2D eigenvalue weighted by atomic mass is 9.96. The van der Waals surface area contributed by atoms with E-state index in [2.05, 4.69) is 21.1 Å². The highest BCUT2D eigenvalue weighted by Crippen LogP contribution is 2.23. The summed E-state index contributed by atoms with van der Waals surface area (Å²) in [6.07, 6.45) is 1.18. The highest BCUT2D eigenvalue weighted by molar-refractivity contribution is 9.10. The quantitative estimate of drug-likeness (QED) is 0.507. The zero-order valence-electron chi connectivity index (χ0n) is 16.3. The number of aromatic nitrogens is 1. The molecular formula is C23H21BrN2O4. The molecule has 1 amide bonds. The highest BCUT2D eigenvalue weighted by Gasteiger charge is 2.29. The first-order chi connectivity index (χ1) is 14.6. The Morgan fingerprint density at radius 3 is 2.47 bits per heavy atom. The molecule has 6 nitrogen and oxygen atoms in total. The summed E-state index contributed by atoms with van der Waals surface area (Å²) in [6.45, 7) is 1.15. The van der Waals surface area contributed by atoms with E-state index in [1.54, 1.807) is 23.1 Å². The molecule has 0 radical (unpaired) electrons. The van der Waals surface area contributed by atoms with Gasteiger partial charge in [-0.2, -0.15) is 0 Å². The molecule has 4 rings (SSSR count). The molecule has 0 unspecified atom stereocenters. The number of carbonyl (C=O) groups is 2. The molecule has 154 valence electrons. The van der Waals surface area contributed by atoms with Crippen LogP contribution in [0.4, 0.5) is 0 Å². The average molecular weight is 469 g/mol. The SMILES string of the molecule is O=C(OCc1cc(-c2ccccc2)on1)C1CCN(C(=O)c2ccc(Br)cc2)CC1. The van der Waals surface area contributed by atoms with Crippen LogP contribution in [0.3, 0.4) is 0 Å². The van der Waals surface area contributed by atoms with E-state index >= 15 is 0 Å². The number of halogens is 1. The van der Waals surface area contributed by atoms with Gasteiger partial charge in [-0.1, -0.05) is 51.4 Å². The Labute approximate surface area is 182 Å². The minimum absolute atomic E-state index is 0.00893. The van der Waals surface area contributed by atoms with E-state index in [0.29, 0.717) is 42.9 Å². The van der Waals surface area contributed by atoms with E-state index in [0.717, 1.165) is 10.0 Å². The Balaban J connectivity index is 1.26. The molecule has 0 spiro atoms. The fourth-order valence-corrected chi connectivity index (χ4v) is 3.74. The van der Waals surface area contributed by atoms with Gasteiger partial charge < -0.3 is 14.2 Å². The Morgan fingerprint density at radius 2 is 1.77 bits per heavy atom. The van der Waals surface area contributed by atoms with Crippen LogP contribution in [0.15, 0.2) is 69.7 Å². The van der Waals surface area contributed by atoms with Gasteiger partial charge in [0.05, 0.1) is 5.92 Å². The van der Waals surface area contributed by atoms with E-state index in [-0.39, 0.29) is 24.4 Å². The molecule has 1 saturated heterocycles.